The molecule has 1 amide bonds. The number of aliphatic hydroxyl groups excluding tert-OH is 1. The van der Waals surface area contributed by atoms with Crippen LogP contribution in [0.3, 0.4) is 0 Å². The molecule has 0 aromatic heterocycles. The third-order valence-electron chi connectivity index (χ3n) is 4.02. The van der Waals surface area contributed by atoms with Crippen LogP contribution in [-0.2, 0) is 13.0 Å². The molecule has 2 aromatic carbocycles. The van der Waals surface area contributed by atoms with Crippen LogP contribution in [0, 0.1) is 5.82 Å². The zero-order valence-electron chi connectivity index (χ0n) is 13.5. The number of ether oxygens (including phenoxy) is 1. The number of benzene rings is 2. The molecule has 4 nitrogen and oxygen atoms in total. The lowest BCUT2D eigenvalue weighted by Crippen LogP contribution is -2.41. The van der Waals surface area contributed by atoms with Crippen LogP contribution in [0.5, 0.6) is 5.75 Å². The Hall–Kier alpha value is -2.40. The van der Waals surface area contributed by atoms with Gasteiger partial charge in [0.2, 0.25) is 0 Å². The Bertz CT molecular complexity index is 745. The zero-order valence-corrected chi connectivity index (χ0v) is 13.5. The molecule has 0 bridgehead atoms. The highest BCUT2D eigenvalue weighted by molar-refractivity contribution is 5.97. The summed E-state index contributed by atoms with van der Waals surface area (Å²) in [5.41, 5.74) is 2.35. The number of hydrogen-bond donors (Lipinski definition) is 1. The van der Waals surface area contributed by atoms with Gasteiger partial charge in [0.1, 0.15) is 18.2 Å². The first-order valence-electron chi connectivity index (χ1n) is 8.00. The SMILES string of the molecule is CC(O)CN1CCc2cc(OCc3cccc(F)c3)ccc2C1=O. The van der Waals surface area contributed by atoms with E-state index in [2.05, 4.69) is 0 Å². The highest BCUT2D eigenvalue weighted by Gasteiger charge is 2.25. The van der Waals surface area contributed by atoms with Gasteiger partial charge >= 0.3 is 0 Å². The molecule has 0 radical (unpaired) electrons. The molecule has 1 heterocycles. The second kappa shape index (κ2) is 7.01. The van der Waals surface area contributed by atoms with E-state index in [1.807, 2.05) is 6.07 Å². The monoisotopic (exact) mass is 329 g/mol. The molecule has 3 rings (SSSR count). The Morgan fingerprint density at radius 3 is 2.88 bits per heavy atom. The van der Waals surface area contributed by atoms with E-state index in [1.54, 1.807) is 36.1 Å². The highest BCUT2D eigenvalue weighted by atomic mass is 19.1. The minimum Gasteiger partial charge on any atom is -0.489 e. The summed E-state index contributed by atoms with van der Waals surface area (Å²) in [5, 5.41) is 9.47. The van der Waals surface area contributed by atoms with Crippen LogP contribution >= 0.6 is 0 Å². The number of amides is 1. The molecular formula is C19H20FNO3. The standard InChI is InChI=1S/C19H20FNO3/c1-13(22)11-21-8-7-15-10-17(5-6-18(15)19(21)23)24-12-14-3-2-4-16(20)9-14/h2-6,9-10,13,22H,7-8,11-12H2,1H3. The van der Waals surface area contributed by atoms with Crippen molar-refractivity contribution in [1.29, 1.82) is 0 Å². The largest absolute Gasteiger partial charge is 0.489 e. The van der Waals surface area contributed by atoms with Crippen molar-refractivity contribution in [2.45, 2.75) is 26.1 Å². The Labute approximate surface area is 140 Å². The minimum atomic E-state index is -0.538. The maximum Gasteiger partial charge on any atom is 0.254 e. The van der Waals surface area contributed by atoms with Crippen LogP contribution in [-0.4, -0.2) is 35.1 Å². The second-order valence-electron chi connectivity index (χ2n) is 6.09. The number of rotatable bonds is 5. The van der Waals surface area contributed by atoms with Crippen molar-refractivity contribution in [1.82, 2.24) is 4.90 Å². The van der Waals surface area contributed by atoms with Crippen LogP contribution in [0.25, 0.3) is 0 Å². The van der Waals surface area contributed by atoms with Crippen molar-refractivity contribution in [3.63, 3.8) is 0 Å². The fourth-order valence-corrected chi connectivity index (χ4v) is 2.89. The average molecular weight is 329 g/mol. The number of hydrogen-bond acceptors (Lipinski definition) is 3. The van der Waals surface area contributed by atoms with E-state index in [0.29, 0.717) is 24.4 Å². The van der Waals surface area contributed by atoms with Crippen molar-refractivity contribution in [3.05, 3.63) is 65.0 Å². The van der Waals surface area contributed by atoms with Gasteiger partial charge in [-0.2, -0.15) is 0 Å². The molecule has 0 saturated heterocycles. The molecule has 0 spiro atoms. The van der Waals surface area contributed by atoms with E-state index < -0.39 is 6.10 Å². The number of aliphatic hydroxyl groups is 1. The van der Waals surface area contributed by atoms with E-state index in [1.165, 1.54) is 12.1 Å². The van der Waals surface area contributed by atoms with E-state index >= 15 is 0 Å². The van der Waals surface area contributed by atoms with Crippen molar-refractivity contribution >= 4 is 5.91 Å². The summed E-state index contributed by atoms with van der Waals surface area (Å²) < 4.78 is 18.9. The number of carbonyl (C=O) groups is 1. The number of fused-ring (bicyclic) bond motifs is 1. The van der Waals surface area contributed by atoms with Crippen LogP contribution in [0.4, 0.5) is 4.39 Å². The Morgan fingerprint density at radius 1 is 1.29 bits per heavy atom. The maximum atomic E-state index is 13.2. The molecule has 1 atom stereocenters. The number of β-amino-alcohol motifs (C(OH)–C–C–N with tert-alkyl or cyclic N) is 1. The lowest BCUT2D eigenvalue weighted by atomic mass is 9.98. The molecule has 2 aromatic rings. The topological polar surface area (TPSA) is 49.8 Å². The van der Waals surface area contributed by atoms with Gasteiger partial charge in [-0.05, 0) is 54.8 Å². The molecule has 0 fully saturated rings. The molecule has 24 heavy (non-hydrogen) atoms. The lowest BCUT2D eigenvalue weighted by molar-refractivity contribution is 0.0630. The van der Waals surface area contributed by atoms with Crippen molar-refractivity contribution in [3.8, 4) is 5.75 Å². The molecule has 0 saturated carbocycles. The van der Waals surface area contributed by atoms with Gasteiger partial charge < -0.3 is 14.7 Å². The summed E-state index contributed by atoms with van der Waals surface area (Å²) in [6.45, 7) is 2.88. The van der Waals surface area contributed by atoms with Gasteiger partial charge in [-0.25, -0.2) is 4.39 Å². The van der Waals surface area contributed by atoms with Crippen LogP contribution in [0.15, 0.2) is 42.5 Å². The van der Waals surface area contributed by atoms with Crippen LogP contribution in [0.2, 0.25) is 0 Å². The van der Waals surface area contributed by atoms with Crippen LogP contribution < -0.4 is 4.74 Å². The second-order valence-corrected chi connectivity index (χ2v) is 6.09. The van der Waals surface area contributed by atoms with Crippen LogP contribution in [0.1, 0.15) is 28.4 Å². The lowest BCUT2D eigenvalue weighted by Gasteiger charge is -2.29. The summed E-state index contributed by atoms with van der Waals surface area (Å²) in [5.74, 6) is 0.314. The summed E-state index contributed by atoms with van der Waals surface area (Å²) in [4.78, 5) is 14.1. The first-order chi connectivity index (χ1) is 11.5. The Balaban J connectivity index is 1.70. The summed E-state index contributed by atoms with van der Waals surface area (Å²) >= 11 is 0. The Morgan fingerprint density at radius 2 is 2.12 bits per heavy atom. The number of carbonyl (C=O) groups excluding carboxylic acids is 1. The molecule has 1 aliphatic heterocycles. The molecule has 126 valence electrons. The smallest absolute Gasteiger partial charge is 0.254 e. The van der Waals surface area contributed by atoms with Crippen molar-refractivity contribution in [2.24, 2.45) is 0 Å². The van der Waals surface area contributed by atoms with Crippen molar-refractivity contribution in [2.75, 3.05) is 13.1 Å². The first-order valence-corrected chi connectivity index (χ1v) is 8.00. The van der Waals surface area contributed by atoms with Gasteiger partial charge in [-0.1, -0.05) is 12.1 Å². The predicted molar refractivity (Wildman–Crippen MR) is 88.5 cm³/mol. The minimum absolute atomic E-state index is 0.0613. The fourth-order valence-electron chi connectivity index (χ4n) is 2.89. The van der Waals surface area contributed by atoms with Gasteiger partial charge in [0, 0.05) is 18.7 Å². The zero-order chi connectivity index (χ0) is 17.1. The fraction of sp³-hybridized carbons (Fsp3) is 0.316. The van der Waals surface area contributed by atoms with Crippen molar-refractivity contribution < 1.29 is 19.0 Å². The maximum absolute atomic E-state index is 13.2. The van der Waals surface area contributed by atoms with Gasteiger partial charge in [0.05, 0.1) is 6.10 Å². The van der Waals surface area contributed by atoms with E-state index in [-0.39, 0.29) is 18.3 Å². The average Bonchev–Trinajstić information content (AvgIpc) is 2.55. The van der Waals surface area contributed by atoms with Gasteiger partial charge in [-0.15, -0.1) is 0 Å². The molecule has 1 unspecified atom stereocenters. The molecule has 1 N–H and O–H groups in total. The van der Waals surface area contributed by atoms with E-state index in [0.717, 1.165) is 17.5 Å². The molecule has 0 aliphatic carbocycles. The van der Waals surface area contributed by atoms with Gasteiger partial charge in [0.25, 0.3) is 5.91 Å². The highest BCUT2D eigenvalue weighted by Crippen LogP contribution is 2.24. The first kappa shape index (κ1) is 16.5. The third kappa shape index (κ3) is 3.74. The third-order valence-corrected chi connectivity index (χ3v) is 4.02. The van der Waals surface area contributed by atoms with E-state index in [4.69, 9.17) is 4.74 Å². The Kier molecular flexibility index (Phi) is 4.81. The molecule has 5 heteroatoms. The normalized spacial score (nSPS) is 15.1. The summed E-state index contributed by atoms with van der Waals surface area (Å²) in [6, 6.07) is 11.7. The quantitative estimate of drug-likeness (QED) is 0.918. The van der Waals surface area contributed by atoms with Gasteiger partial charge in [0.15, 0.2) is 0 Å². The van der Waals surface area contributed by atoms with Gasteiger partial charge in [-0.3, -0.25) is 4.79 Å². The number of nitrogens with zero attached hydrogens (tertiary/aromatic N) is 1. The summed E-state index contributed by atoms with van der Waals surface area (Å²) in [7, 11) is 0. The molecule has 1 aliphatic rings. The summed E-state index contributed by atoms with van der Waals surface area (Å²) in [6.07, 6.45) is 0.190. The predicted octanol–water partition coefficient (Wildman–Crippen LogP) is 2.78. The number of halogens is 1. The van der Waals surface area contributed by atoms with E-state index in [9.17, 15) is 14.3 Å². The molecular weight excluding hydrogens is 309 g/mol.